The molecule has 396 valence electrons. The molecular formula is C44H88MgN2O20. The number of carboxylic acids is 1. The molecule has 22 nitrogen and oxygen atoms in total. The van der Waals surface area contributed by atoms with Crippen LogP contribution in [0.1, 0.15) is 97.8 Å². The first-order chi connectivity index (χ1) is 29.8. The number of aliphatic carboxylic acids is 1. The van der Waals surface area contributed by atoms with Gasteiger partial charge in [-0.1, -0.05) is 20.8 Å². The number of likely N-dealkylation sites (N-methyl/N-ethyl adjacent to an activating group) is 2. The monoisotopic (exact) mass is 989 g/mol. The summed E-state index contributed by atoms with van der Waals surface area (Å²) in [5.74, 6) is -4.31. The van der Waals surface area contributed by atoms with E-state index in [1.165, 1.54) is 14.0 Å². The zero-order valence-electron chi connectivity index (χ0n) is 44.0. The molecule has 3 heterocycles. The minimum Gasteiger partial charge on any atom is -1.00 e. The summed E-state index contributed by atoms with van der Waals surface area (Å²) in [6, 6.07) is -0.808. The van der Waals surface area contributed by atoms with Crippen molar-refractivity contribution in [2.24, 2.45) is 17.8 Å². The van der Waals surface area contributed by atoms with Crippen LogP contribution in [-0.4, -0.2) is 263 Å². The minimum atomic E-state index is -2.20. The molecule has 0 aromatic carbocycles. The van der Waals surface area contributed by atoms with E-state index in [2.05, 4.69) is 0 Å². The molecule has 0 aromatic rings. The Hall–Kier alpha value is -1.01. The van der Waals surface area contributed by atoms with Crippen LogP contribution in [0.3, 0.4) is 0 Å². The van der Waals surface area contributed by atoms with Crippen molar-refractivity contribution in [1.29, 1.82) is 0 Å². The molecule has 0 aliphatic carbocycles. The largest absolute Gasteiger partial charge is 2.00 e. The standard InChI is InChI=1S/C38H72N2O12.C6H12O7.Mg.H2O.2H/c1-15-27-38(10,46)31(42)24(6)40(13)19-20(2)17-36(8,45)33(52-35-29(41)26(39(11)12)16-21(3)48-35)22(4)30(23(5)34(44)50-27)51-28-18-37(9,47-14)32(43)25(7)49-28;7-1-2(8)3(9)4(10)5(11)6(12)13;;;;/h20-33,35,41-43,45-46H,15-19H2,1-14H3;2-5,7-11H,1H2,(H,12,13);;1H2;;/q;;+2;;2*-1/t20-,21-,22+,23-,24-,25+,26+,27-,28+,29-,30+,31-,32+,33-,35+,36-,37-,38-;2-,3-,4+,5-;;;;/m11..../s1. The van der Waals surface area contributed by atoms with Gasteiger partial charge in [-0.25, -0.2) is 4.79 Å². The summed E-state index contributed by atoms with van der Waals surface area (Å²) in [6.45, 7) is 17.2. The predicted molar refractivity (Wildman–Crippen MR) is 245 cm³/mol. The Morgan fingerprint density at radius 2 is 1.51 bits per heavy atom. The third kappa shape index (κ3) is 16.8. The van der Waals surface area contributed by atoms with Gasteiger partial charge in [0.05, 0.1) is 48.1 Å². The first-order valence-electron chi connectivity index (χ1n) is 22.6. The Morgan fingerprint density at radius 1 is 0.940 bits per heavy atom. The molecule has 0 unspecified atom stereocenters. The first kappa shape index (κ1) is 66.0. The van der Waals surface area contributed by atoms with Crippen LogP contribution in [0.5, 0.6) is 0 Å². The second-order valence-corrected chi connectivity index (χ2v) is 19.7. The topological polar surface area (TPSA) is 350 Å². The van der Waals surface area contributed by atoms with Gasteiger partial charge >= 0.3 is 35.0 Å². The van der Waals surface area contributed by atoms with Gasteiger partial charge in [-0.05, 0) is 94.8 Å². The van der Waals surface area contributed by atoms with Gasteiger partial charge in [0, 0.05) is 38.1 Å². The average Bonchev–Trinajstić information content (AvgIpc) is 3.23. The van der Waals surface area contributed by atoms with Crippen molar-refractivity contribution < 1.29 is 103 Å². The van der Waals surface area contributed by atoms with Crippen LogP contribution in [0.2, 0.25) is 0 Å². The summed E-state index contributed by atoms with van der Waals surface area (Å²) in [6.07, 6.45) is -16.0. The summed E-state index contributed by atoms with van der Waals surface area (Å²) in [5.41, 5.74) is -4.37. The van der Waals surface area contributed by atoms with E-state index in [1.54, 1.807) is 41.5 Å². The molecule has 67 heavy (non-hydrogen) atoms. The van der Waals surface area contributed by atoms with Crippen LogP contribution < -0.4 is 0 Å². The van der Waals surface area contributed by atoms with Crippen LogP contribution in [0.25, 0.3) is 0 Å². The molecule has 13 N–H and O–H groups in total. The summed E-state index contributed by atoms with van der Waals surface area (Å²) < 4.78 is 37.5. The van der Waals surface area contributed by atoms with Gasteiger partial charge in [-0.2, -0.15) is 0 Å². The molecule has 23 heteroatoms. The third-order valence-electron chi connectivity index (χ3n) is 13.7. The quantitative estimate of drug-likeness (QED) is 0.0707. The van der Waals surface area contributed by atoms with Crippen LogP contribution in [0.4, 0.5) is 0 Å². The van der Waals surface area contributed by atoms with E-state index >= 15 is 0 Å². The average molecular weight is 989 g/mol. The maximum Gasteiger partial charge on any atom is 2.00 e. The van der Waals surface area contributed by atoms with E-state index in [9.17, 15) is 35.1 Å². The van der Waals surface area contributed by atoms with Gasteiger partial charge in [0.1, 0.15) is 48.3 Å². The van der Waals surface area contributed by atoms with Crippen molar-refractivity contribution in [3.63, 3.8) is 0 Å². The van der Waals surface area contributed by atoms with E-state index in [1.807, 2.05) is 51.7 Å². The van der Waals surface area contributed by atoms with Crippen LogP contribution in [0, 0.1) is 17.8 Å². The van der Waals surface area contributed by atoms with E-state index < -0.39 is 133 Å². The van der Waals surface area contributed by atoms with Crippen LogP contribution in [0.15, 0.2) is 0 Å². The molecular weight excluding hydrogens is 901 g/mol. The molecule has 3 fully saturated rings. The van der Waals surface area contributed by atoms with Crippen molar-refractivity contribution in [3.8, 4) is 0 Å². The second kappa shape index (κ2) is 27.7. The van der Waals surface area contributed by atoms with E-state index in [0.717, 1.165) is 0 Å². The molecule has 3 rings (SSSR count). The fraction of sp³-hybridized carbons (Fsp3) is 0.955. The Bertz CT molecular complexity index is 1480. The third-order valence-corrected chi connectivity index (χ3v) is 13.7. The van der Waals surface area contributed by atoms with Crippen LogP contribution in [-0.2, 0) is 38.0 Å². The van der Waals surface area contributed by atoms with Gasteiger partial charge in [-0.15, -0.1) is 0 Å². The van der Waals surface area contributed by atoms with Gasteiger partial charge in [0.2, 0.25) is 0 Å². The number of hydrogen-bond donors (Lipinski definition) is 11. The second-order valence-electron chi connectivity index (χ2n) is 19.7. The number of aliphatic hydroxyl groups is 10. The van der Waals surface area contributed by atoms with Gasteiger partial charge < -0.3 is 103 Å². The van der Waals surface area contributed by atoms with Crippen molar-refractivity contribution >= 4 is 35.0 Å². The number of cyclic esters (lactones) is 1. The van der Waals surface area contributed by atoms with Crippen LogP contribution >= 0.6 is 0 Å². The molecule has 22 atom stereocenters. The number of ether oxygens (including phenoxy) is 6. The predicted octanol–water partition coefficient (Wildman–Crippen LogP) is -2.57. The Labute approximate surface area is 414 Å². The van der Waals surface area contributed by atoms with Crippen molar-refractivity contribution in [2.45, 2.75) is 210 Å². The number of carbonyl (C=O) groups excluding carboxylic acids is 1. The van der Waals surface area contributed by atoms with Gasteiger partial charge in [-0.3, -0.25) is 4.79 Å². The molecule has 3 aliphatic rings. The number of nitrogens with zero attached hydrogens (tertiary/aromatic N) is 2. The summed E-state index contributed by atoms with van der Waals surface area (Å²) in [4.78, 5) is 28.1. The Balaban J connectivity index is -0.00000224. The maximum absolute atomic E-state index is 14.2. The number of hydrogen-bond acceptors (Lipinski definition) is 20. The summed E-state index contributed by atoms with van der Waals surface area (Å²) in [7, 11) is 7.12. The molecule has 0 bridgehead atoms. The van der Waals surface area contributed by atoms with E-state index in [0.29, 0.717) is 13.0 Å². The number of rotatable bonds is 12. The maximum atomic E-state index is 14.2. The number of methoxy groups -OCH3 is 1. The molecule has 0 amide bonds. The van der Waals surface area contributed by atoms with E-state index in [4.69, 9.17) is 59.1 Å². The minimum absolute atomic E-state index is 0. The van der Waals surface area contributed by atoms with Crippen molar-refractivity contribution in [1.82, 2.24) is 9.80 Å². The number of aliphatic hydroxyl groups excluding tert-OH is 8. The summed E-state index contributed by atoms with van der Waals surface area (Å²) in [5, 5.41) is 110. The molecule has 0 saturated carbocycles. The Kier molecular flexibility index (Phi) is 27.3. The normalized spacial score (nSPS) is 42.5. The molecule has 0 radical (unpaired) electrons. The van der Waals surface area contributed by atoms with Crippen molar-refractivity contribution in [3.05, 3.63) is 0 Å². The van der Waals surface area contributed by atoms with Gasteiger partial charge in [0.15, 0.2) is 18.7 Å². The molecule has 0 spiro atoms. The van der Waals surface area contributed by atoms with Gasteiger partial charge in [0.25, 0.3) is 0 Å². The van der Waals surface area contributed by atoms with Crippen molar-refractivity contribution in [2.75, 3.05) is 41.4 Å². The SMILES string of the molecule is CC[C@H]1OC(=O)[C@H](C)[C@@H](O[C@H]2C[C@@](C)(OC)[C@@H](O)[C@H](C)O2)[C@H](C)[C@@H](O[C@@H]2O[C@H](C)C[C@H](N(C)C)[C@H]2O)[C@](C)(O)C[C@@H](C)CN(C)[C@H](C)[C@@H](O)[C@]1(C)O.O.O=C(O)[C@H](O)[C@@H](O)[C@H](O)[C@H](O)CO.[H-].[H-].[Mg+2]. The fourth-order valence-electron chi connectivity index (χ4n) is 9.41. The first-order valence-corrected chi connectivity index (χ1v) is 22.6. The molecule has 3 saturated heterocycles. The zero-order valence-corrected chi connectivity index (χ0v) is 43.4. The smallest absolute Gasteiger partial charge is 1.00 e. The number of carbonyl (C=O) groups is 2. The molecule has 3 aliphatic heterocycles. The Morgan fingerprint density at radius 3 is 2.00 bits per heavy atom. The number of esters is 1. The summed E-state index contributed by atoms with van der Waals surface area (Å²) >= 11 is 0. The fourth-order valence-corrected chi connectivity index (χ4v) is 9.41. The van der Waals surface area contributed by atoms with E-state index in [-0.39, 0.29) is 68.7 Å². The molecule has 0 aromatic heterocycles. The number of carboxylic acid groups (broad SMARTS) is 1. The zero-order chi connectivity index (χ0) is 50.3.